The number of ether oxygens (including phenoxy) is 1. The van der Waals surface area contributed by atoms with Crippen LogP contribution in [0.2, 0.25) is 0 Å². The van der Waals surface area contributed by atoms with Crippen LogP contribution in [0.15, 0.2) is 0 Å². The molecule has 4 heteroatoms. The number of amides is 1. The van der Waals surface area contributed by atoms with E-state index in [-0.39, 0.29) is 17.9 Å². The summed E-state index contributed by atoms with van der Waals surface area (Å²) in [5.74, 6) is 0.879. The van der Waals surface area contributed by atoms with Gasteiger partial charge in [-0.3, -0.25) is 4.79 Å². The topological polar surface area (TPSA) is 55.6 Å². The lowest BCUT2D eigenvalue weighted by Crippen LogP contribution is -2.45. The number of nitrogens with two attached hydrogens (primary N) is 1. The van der Waals surface area contributed by atoms with E-state index in [1.54, 1.807) is 7.11 Å². The summed E-state index contributed by atoms with van der Waals surface area (Å²) in [7, 11) is 1.72. The third kappa shape index (κ3) is 2.99. The van der Waals surface area contributed by atoms with Gasteiger partial charge in [-0.15, -0.1) is 0 Å². The first-order valence-corrected chi connectivity index (χ1v) is 6.75. The molecule has 2 N–H and O–H groups in total. The average molecular weight is 240 g/mol. The molecule has 2 fully saturated rings. The van der Waals surface area contributed by atoms with Crippen LogP contribution in [-0.2, 0) is 9.53 Å². The van der Waals surface area contributed by atoms with Crippen molar-refractivity contribution in [3.05, 3.63) is 0 Å². The van der Waals surface area contributed by atoms with Gasteiger partial charge in [-0.2, -0.15) is 0 Å². The minimum Gasteiger partial charge on any atom is -0.384 e. The van der Waals surface area contributed by atoms with Gasteiger partial charge in [0.2, 0.25) is 5.91 Å². The van der Waals surface area contributed by atoms with Crippen molar-refractivity contribution >= 4 is 5.91 Å². The maximum absolute atomic E-state index is 12.4. The molecule has 0 bridgehead atoms. The van der Waals surface area contributed by atoms with Gasteiger partial charge in [0.15, 0.2) is 0 Å². The molecule has 98 valence electrons. The molecule has 1 aliphatic carbocycles. The third-order valence-electron chi connectivity index (χ3n) is 4.14. The fourth-order valence-electron chi connectivity index (χ4n) is 3.11. The summed E-state index contributed by atoms with van der Waals surface area (Å²) >= 11 is 0. The van der Waals surface area contributed by atoms with E-state index in [0.717, 1.165) is 45.4 Å². The summed E-state index contributed by atoms with van der Waals surface area (Å²) < 4.78 is 5.16. The molecule has 0 aromatic rings. The van der Waals surface area contributed by atoms with Gasteiger partial charge in [0.05, 0.1) is 12.5 Å². The first kappa shape index (κ1) is 12.8. The van der Waals surface area contributed by atoms with E-state index in [0.29, 0.717) is 5.92 Å². The normalized spacial score (nSPS) is 34.0. The maximum Gasteiger partial charge on any atom is 0.227 e. The lowest BCUT2D eigenvalue weighted by molar-refractivity contribution is -0.136. The van der Waals surface area contributed by atoms with Gasteiger partial charge in [-0.1, -0.05) is 12.8 Å². The van der Waals surface area contributed by atoms with Crippen molar-refractivity contribution < 1.29 is 9.53 Å². The Bertz CT molecular complexity index is 270. The molecule has 3 atom stereocenters. The minimum atomic E-state index is 0.0741. The number of carbonyl (C=O) groups excluding carboxylic acids is 1. The third-order valence-corrected chi connectivity index (χ3v) is 4.14. The molecule has 17 heavy (non-hydrogen) atoms. The van der Waals surface area contributed by atoms with E-state index < -0.39 is 0 Å². The first-order chi connectivity index (χ1) is 8.22. The number of rotatable bonds is 3. The summed E-state index contributed by atoms with van der Waals surface area (Å²) in [5.41, 5.74) is 6.07. The Morgan fingerprint density at radius 3 is 2.82 bits per heavy atom. The highest BCUT2D eigenvalue weighted by Gasteiger charge is 2.34. The Kier molecular flexibility index (Phi) is 4.40. The summed E-state index contributed by atoms with van der Waals surface area (Å²) in [5, 5.41) is 0. The zero-order valence-corrected chi connectivity index (χ0v) is 10.7. The van der Waals surface area contributed by atoms with Crippen molar-refractivity contribution in [2.24, 2.45) is 17.6 Å². The van der Waals surface area contributed by atoms with Crippen LogP contribution in [0.4, 0.5) is 0 Å². The van der Waals surface area contributed by atoms with E-state index in [9.17, 15) is 4.79 Å². The second kappa shape index (κ2) is 5.83. The lowest BCUT2D eigenvalue weighted by Gasteiger charge is -2.31. The van der Waals surface area contributed by atoms with Crippen LogP contribution in [0.1, 0.15) is 32.1 Å². The van der Waals surface area contributed by atoms with Crippen molar-refractivity contribution in [3.63, 3.8) is 0 Å². The highest BCUT2D eigenvalue weighted by atomic mass is 16.5. The number of methoxy groups -OCH3 is 1. The number of carbonyl (C=O) groups is 1. The Hall–Kier alpha value is -0.610. The van der Waals surface area contributed by atoms with E-state index in [1.807, 2.05) is 4.90 Å². The van der Waals surface area contributed by atoms with Crippen LogP contribution in [-0.4, -0.2) is 43.7 Å². The second-order valence-electron chi connectivity index (χ2n) is 5.45. The van der Waals surface area contributed by atoms with Gasteiger partial charge in [0.25, 0.3) is 0 Å². The van der Waals surface area contributed by atoms with Crippen LogP contribution in [0.3, 0.4) is 0 Å². The van der Waals surface area contributed by atoms with E-state index in [4.69, 9.17) is 10.5 Å². The summed E-state index contributed by atoms with van der Waals surface area (Å²) in [6.45, 7) is 2.51. The Morgan fingerprint density at radius 2 is 2.12 bits per heavy atom. The fraction of sp³-hybridized carbons (Fsp3) is 0.923. The summed E-state index contributed by atoms with van der Waals surface area (Å²) in [4.78, 5) is 14.4. The van der Waals surface area contributed by atoms with Crippen LogP contribution in [0.25, 0.3) is 0 Å². The van der Waals surface area contributed by atoms with Crippen molar-refractivity contribution in [1.29, 1.82) is 0 Å². The number of likely N-dealkylation sites (tertiary alicyclic amines) is 1. The van der Waals surface area contributed by atoms with Crippen LogP contribution >= 0.6 is 0 Å². The maximum atomic E-state index is 12.4. The summed E-state index contributed by atoms with van der Waals surface area (Å²) in [6.07, 6.45) is 5.38. The molecule has 2 aliphatic rings. The van der Waals surface area contributed by atoms with Crippen molar-refractivity contribution in [2.45, 2.75) is 38.1 Å². The molecule has 4 nitrogen and oxygen atoms in total. The van der Waals surface area contributed by atoms with E-state index in [1.165, 1.54) is 6.42 Å². The van der Waals surface area contributed by atoms with E-state index >= 15 is 0 Å². The van der Waals surface area contributed by atoms with Gasteiger partial charge in [-0.05, 0) is 19.3 Å². The molecular formula is C13H24N2O2. The number of hydrogen-bond acceptors (Lipinski definition) is 3. The fourth-order valence-corrected chi connectivity index (χ4v) is 3.11. The zero-order chi connectivity index (χ0) is 12.3. The first-order valence-electron chi connectivity index (χ1n) is 6.75. The van der Waals surface area contributed by atoms with E-state index in [2.05, 4.69) is 0 Å². The Balaban J connectivity index is 1.87. The second-order valence-corrected chi connectivity index (χ2v) is 5.45. The van der Waals surface area contributed by atoms with Crippen molar-refractivity contribution in [1.82, 2.24) is 4.90 Å². The number of hydrogen-bond donors (Lipinski definition) is 1. The van der Waals surface area contributed by atoms with Crippen molar-refractivity contribution in [2.75, 3.05) is 26.8 Å². The molecule has 1 aliphatic heterocycles. The Morgan fingerprint density at radius 1 is 1.35 bits per heavy atom. The lowest BCUT2D eigenvalue weighted by atomic mass is 9.84. The Labute approximate surface area is 103 Å². The molecule has 0 aromatic heterocycles. The highest BCUT2D eigenvalue weighted by molar-refractivity contribution is 5.80. The van der Waals surface area contributed by atoms with Gasteiger partial charge in [0.1, 0.15) is 0 Å². The molecule has 3 unspecified atom stereocenters. The monoisotopic (exact) mass is 240 g/mol. The van der Waals surface area contributed by atoms with Crippen LogP contribution in [0, 0.1) is 11.8 Å². The molecular weight excluding hydrogens is 216 g/mol. The predicted molar refractivity (Wildman–Crippen MR) is 66.5 cm³/mol. The smallest absolute Gasteiger partial charge is 0.227 e. The van der Waals surface area contributed by atoms with Gasteiger partial charge >= 0.3 is 0 Å². The zero-order valence-electron chi connectivity index (χ0n) is 10.7. The quantitative estimate of drug-likeness (QED) is 0.800. The van der Waals surface area contributed by atoms with Crippen LogP contribution < -0.4 is 5.73 Å². The molecule has 1 amide bonds. The van der Waals surface area contributed by atoms with Crippen molar-refractivity contribution in [3.8, 4) is 0 Å². The molecule has 1 heterocycles. The van der Waals surface area contributed by atoms with Gasteiger partial charge in [-0.25, -0.2) is 0 Å². The highest BCUT2D eigenvalue weighted by Crippen LogP contribution is 2.27. The van der Waals surface area contributed by atoms with Gasteiger partial charge in [0, 0.05) is 32.2 Å². The molecule has 0 radical (unpaired) electrons. The minimum absolute atomic E-state index is 0.0741. The molecule has 2 rings (SSSR count). The molecule has 0 aromatic carbocycles. The molecule has 1 saturated carbocycles. The number of nitrogens with zero attached hydrogens (tertiary/aromatic N) is 1. The van der Waals surface area contributed by atoms with Gasteiger partial charge < -0.3 is 15.4 Å². The van der Waals surface area contributed by atoms with Crippen LogP contribution in [0.5, 0.6) is 0 Å². The average Bonchev–Trinajstić information content (AvgIpc) is 2.78. The largest absolute Gasteiger partial charge is 0.384 e. The SMILES string of the molecule is COCC1CCN(C(=O)C2CCCCC2N)C1. The molecule has 0 spiro atoms. The molecule has 1 saturated heterocycles. The predicted octanol–water partition coefficient (Wildman–Crippen LogP) is 0.999. The summed E-state index contributed by atoms with van der Waals surface area (Å²) in [6, 6.07) is 0.0812. The standard InChI is InChI=1S/C13H24N2O2/c1-17-9-10-6-7-15(8-10)13(16)11-4-2-3-5-12(11)14/h10-12H,2-9,14H2,1H3.